The van der Waals surface area contributed by atoms with Crippen molar-refractivity contribution in [1.82, 2.24) is 19.5 Å². The monoisotopic (exact) mass is 487 g/mol. The Morgan fingerprint density at radius 2 is 2.00 bits per heavy atom. The molecule has 1 amide bonds. The maximum absolute atomic E-state index is 13.1. The van der Waals surface area contributed by atoms with Crippen molar-refractivity contribution >= 4 is 56.9 Å². The molecule has 0 saturated carbocycles. The average molecular weight is 488 g/mol. The number of hydrogen-bond donors (Lipinski definition) is 3. The molecule has 0 aliphatic carbocycles. The van der Waals surface area contributed by atoms with E-state index in [4.69, 9.17) is 16.3 Å². The first kappa shape index (κ1) is 23.1. The van der Waals surface area contributed by atoms with Crippen molar-refractivity contribution in [2.75, 3.05) is 19.0 Å². The van der Waals surface area contributed by atoms with Gasteiger partial charge in [0.05, 0.1) is 27.2 Å². The molecule has 2 aromatic carbocycles. The number of rotatable bonds is 8. The van der Waals surface area contributed by atoms with Crippen LogP contribution < -0.4 is 16.6 Å². The number of hydrogen-bond acceptors (Lipinski definition) is 6. The van der Waals surface area contributed by atoms with Crippen molar-refractivity contribution < 1.29 is 9.53 Å². The predicted molar refractivity (Wildman–Crippen MR) is 130 cm³/mol. The Hall–Kier alpha value is -3.08. The number of aromatic amines is 2. The highest BCUT2D eigenvalue weighted by molar-refractivity contribution is 8.00. The van der Waals surface area contributed by atoms with E-state index in [0.717, 1.165) is 0 Å². The van der Waals surface area contributed by atoms with Crippen LogP contribution >= 0.6 is 23.4 Å². The first-order valence-corrected chi connectivity index (χ1v) is 11.5. The summed E-state index contributed by atoms with van der Waals surface area (Å²) in [6.07, 6.45) is 0.625. The maximum Gasteiger partial charge on any atom is 0.323 e. The number of ether oxygens (including phenoxy) is 1. The molecule has 9 nitrogen and oxygen atoms in total. The fourth-order valence-corrected chi connectivity index (χ4v) is 4.49. The van der Waals surface area contributed by atoms with Gasteiger partial charge in [-0.05, 0) is 49.7 Å². The first-order valence-electron chi connectivity index (χ1n) is 10.2. The minimum absolute atomic E-state index is 0.190. The number of benzene rings is 2. The topological polar surface area (TPSA) is 122 Å². The van der Waals surface area contributed by atoms with Gasteiger partial charge in [-0.2, -0.15) is 0 Å². The number of anilines is 1. The number of methoxy groups -OCH3 is 1. The molecule has 4 rings (SSSR count). The third-order valence-electron chi connectivity index (χ3n) is 5.05. The lowest BCUT2D eigenvalue weighted by Gasteiger charge is -2.16. The lowest BCUT2D eigenvalue weighted by Crippen LogP contribution is -2.27. The highest BCUT2D eigenvalue weighted by Gasteiger charge is 2.20. The number of halogens is 1. The molecule has 172 valence electrons. The molecule has 1 atom stereocenters. The van der Waals surface area contributed by atoms with Gasteiger partial charge in [0.1, 0.15) is 0 Å². The second kappa shape index (κ2) is 9.82. The summed E-state index contributed by atoms with van der Waals surface area (Å²) in [5.74, 6) is -0.263. The molecule has 0 radical (unpaired) electrons. The fourth-order valence-electron chi connectivity index (χ4n) is 3.39. The third-order valence-corrected chi connectivity index (χ3v) is 6.37. The smallest absolute Gasteiger partial charge is 0.323 e. The van der Waals surface area contributed by atoms with Crippen LogP contribution in [0.25, 0.3) is 21.9 Å². The molecule has 0 bridgehead atoms. The third kappa shape index (κ3) is 5.13. The molecule has 0 unspecified atom stereocenters. The zero-order valence-corrected chi connectivity index (χ0v) is 19.5. The van der Waals surface area contributed by atoms with E-state index < -0.39 is 5.25 Å². The average Bonchev–Trinajstić information content (AvgIpc) is 3.15. The molecule has 0 aliphatic heterocycles. The van der Waals surface area contributed by atoms with Crippen LogP contribution in [-0.2, 0) is 16.1 Å². The van der Waals surface area contributed by atoms with Crippen LogP contribution in [0.3, 0.4) is 0 Å². The van der Waals surface area contributed by atoms with Crippen molar-refractivity contribution in [3.63, 3.8) is 0 Å². The minimum Gasteiger partial charge on any atom is -0.385 e. The van der Waals surface area contributed by atoms with Gasteiger partial charge >= 0.3 is 5.69 Å². The molecule has 33 heavy (non-hydrogen) atoms. The molecular formula is C22H22ClN5O4S. The van der Waals surface area contributed by atoms with Crippen molar-refractivity contribution in [3.8, 4) is 0 Å². The van der Waals surface area contributed by atoms with Gasteiger partial charge in [-0.3, -0.25) is 14.2 Å². The Balaban J connectivity index is 1.59. The van der Waals surface area contributed by atoms with E-state index in [1.807, 2.05) is 0 Å². The SMILES string of the molecule is COCCCn1c(S[C@H](C)C(=O)Nc2ccc3[nH]c(=O)[nH]c3c2)nc2cc(Cl)ccc2c1=O. The Labute approximate surface area is 197 Å². The number of imidazole rings is 1. The molecular weight excluding hydrogens is 466 g/mol. The predicted octanol–water partition coefficient (Wildman–Crippen LogP) is 3.38. The van der Waals surface area contributed by atoms with Gasteiger partial charge in [-0.1, -0.05) is 23.4 Å². The number of H-pyrrole nitrogens is 2. The van der Waals surface area contributed by atoms with Crippen LogP contribution in [0.4, 0.5) is 5.69 Å². The number of nitrogens with zero attached hydrogens (tertiary/aromatic N) is 2. The standard InChI is InChI=1S/C22H22ClN5O4S/c1-12(19(29)24-14-5-7-16-18(11-14)26-21(31)25-16)33-22-27-17-10-13(23)4-6-15(17)20(30)28(22)8-3-9-32-2/h4-7,10-12H,3,8-9H2,1-2H3,(H,24,29)(H2,25,26,31)/t12-/m1/s1. The van der Waals surface area contributed by atoms with Gasteiger partial charge in [0.25, 0.3) is 5.56 Å². The van der Waals surface area contributed by atoms with E-state index in [1.165, 1.54) is 11.8 Å². The van der Waals surface area contributed by atoms with E-state index in [1.54, 1.807) is 55.0 Å². The van der Waals surface area contributed by atoms with Gasteiger partial charge in [0.15, 0.2) is 5.16 Å². The Morgan fingerprint density at radius 1 is 1.21 bits per heavy atom. The number of aromatic nitrogens is 4. The first-order chi connectivity index (χ1) is 15.9. The summed E-state index contributed by atoms with van der Waals surface area (Å²) in [7, 11) is 1.60. The van der Waals surface area contributed by atoms with Crippen LogP contribution in [0.2, 0.25) is 5.02 Å². The van der Waals surface area contributed by atoms with Crippen LogP contribution in [0.15, 0.2) is 51.1 Å². The number of thioether (sulfide) groups is 1. The van der Waals surface area contributed by atoms with Crippen molar-refractivity contribution in [3.05, 3.63) is 62.3 Å². The zero-order chi connectivity index (χ0) is 23.5. The Bertz CT molecular complexity index is 1440. The number of fused-ring (bicyclic) bond motifs is 2. The number of nitrogens with one attached hydrogen (secondary N) is 3. The fraction of sp³-hybridized carbons (Fsp3) is 0.273. The summed E-state index contributed by atoms with van der Waals surface area (Å²) in [5, 5.41) is 3.66. The minimum atomic E-state index is -0.553. The molecule has 4 aromatic rings. The van der Waals surface area contributed by atoms with Gasteiger partial charge in [-0.15, -0.1) is 0 Å². The van der Waals surface area contributed by atoms with Crippen LogP contribution in [0, 0.1) is 0 Å². The van der Waals surface area contributed by atoms with Crippen LogP contribution in [-0.4, -0.2) is 44.4 Å². The van der Waals surface area contributed by atoms with E-state index in [0.29, 0.717) is 57.4 Å². The maximum atomic E-state index is 13.1. The second-order valence-electron chi connectivity index (χ2n) is 7.45. The molecule has 11 heteroatoms. The second-order valence-corrected chi connectivity index (χ2v) is 9.19. The molecule has 0 saturated heterocycles. The van der Waals surface area contributed by atoms with Gasteiger partial charge in [-0.25, -0.2) is 9.78 Å². The van der Waals surface area contributed by atoms with Crippen LogP contribution in [0.1, 0.15) is 13.3 Å². The van der Waals surface area contributed by atoms with E-state index in [-0.39, 0.29) is 17.2 Å². The zero-order valence-electron chi connectivity index (χ0n) is 18.0. The van der Waals surface area contributed by atoms with E-state index in [9.17, 15) is 14.4 Å². The quantitative estimate of drug-likeness (QED) is 0.199. The van der Waals surface area contributed by atoms with Crippen LogP contribution in [0.5, 0.6) is 0 Å². The lowest BCUT2D eigenvalue weighted by molar-refractivity contribution is -0.115. The normalized spacial score (nSPS) is 12.3. The molecule has 0 aliphatic rings. The van der Waals surface area contributed by atoms with E-state index >= 15 is 0 Å². The largest absolute Gasteiger partial charge is 0.385 e. The van der Waals surface area contributed by atoms with Crippen molar-refractivity contribution in [2.45, 2.75) is 30.3 Å². The summed E-state index contributed by atoms with van der Waals surface area (Å²) >= 11 is 7.28. The van der Waals surface area contributed by atoms with Crippen molar-refractivity contribution in [2.24, 2.45) is 0 Å². The summed E-state index contributed by atoms with van der Waals surface area (Å²) < 4.78 is 6.69. The van der Waals surface area contributed by atoms with Gasteiger partial charge < -0.3 is 20.0 Å². The molecule has 3 N–H and O–H groups in total. The highest BCUT2D eigenvalue weighted by atomic mass is 35.5. The van der Waals surface area contributed by atoms with Gasteiger partial charge in [0.2, 0.25) is 5.91 Å². The Morgan fingerprint density at radius 3 is 2.79 bits per heavy atom. The van der Waals surface area contributed by atoms with Gasteiger partial charge in [0, 0.05) is 31.0 Å². The summed E-state index contributed by atoms with van der Waals surface area (Å²) in [4.78, 5) is 47.4. The summed E-state index contributed by atoms with van der Waals surface area (Å²) in [6.45, 7) is 2.64. The highest BCUT2D eigenvalue weighted by Crippen LogP contribution is 2.25. The van der Waals surface area contributed by atoms with E-state index in [2.05, 4.69) is 20.3 Å². The molecule has 2 aromatic heterocycles. The van der Waals surface area contributed by atoms with Crippen molar-refractivity contribution in [1.29, 1.82) is 0 Å². The molecule has 2 heterocycles. The lowest BCUT2D eigenvalue weighted by atomic mass is 10.2. The molecule has 0 fully saturated rings. The number of amides is 1. The summed E-state index contributed by atoms with van der Waals surface area (Å²) in [6, 6.07) is 10.1. The summed E-state index contributed by atoms with van der Waals surface area (Å²) in [5.41, 5.74) is 1.77. The number of carbonyl (C=O) groups excluding carboxylic acids is 1. The molecule has 0 spiro atoms. The number of carbonyl (C=O) groups is 1. The Kier molecular flexibility index (Phi) is 6.87.